The molecule has 1 aliphatic carbocycles. The van der Waals surface area contributed by atoms with E-state index in [0.29, 0.717) is 29.7 Å². The second-order valence-corrected chi connectivity index (χ2v) is 10.2. The van der Waals surface area contributed by atoms with Gasteiger partial charge in [-0.2, -0.15) is 5.10 Å². The predicted molar refractivity (Wildman–Crippen MR) is 137 cm³/mol. The summed E-state index contributed by atoms with van der Waals surface area (Å²) >= 11 is 6.42. The Morgan fingerprint density at radius 2 is 1.92 bits per heavy atom. The van der Waals surface area contributed by atoms with Crippen molar-refractivity contribution in [2.75, 3.05) is 13.7 Å². The molecule has 0 spiro atoms. The van der Waals surface area contributed by atoms with Crippen LogP contribution in [0.3, 0.4) is 0 Å². The second kappa shape index (κ2) is 11.2. The third-order valence-electron chi connectivity index (χ3n) is 5.98. The van der Waals surface area contributed by atoms with Crippen LogP contribution in [0.25, 0.3) is 16.9 Å². The van der Waals surface area contributed by atoms with E-state index in [-0.39, 0.29) is 17.3 Å². The van der Waals surface area contributed by atoms with Crippen LogP contribution in [-0.2, 0) is 4.74 Å². The molecule has 36 heavy (non-hydrogen) atoms. The average Bonchev–Trinajstić information content (AvgIpc) is 3.33. The lowest BCUT2D eigenvalue weighted by atomic mass is 9.86. The lowest BCUT2D eigenvalue weighted by molar-refractivity contribution is 0.0483. The van der Waals surface area contributed by atoms with E-state index in [1.165, 1.54) is 6.33 Å². The highest BCUT2D eigenvalue weighted by atomic mass is 35.5. The third kappa shape index (κ3) is 6.46. The Hall–Kier alpha value is -3.33. The molecule has 1 aromatic carbocycles. The molecule has 0 unspecified atom stereocenters. The summed E-state index contributed by atoms with van der Waals surface area (Å²) in [6, 6.07) is 7.74. The number of benzene rings is 1. The van der Waals surface area contributed by atoms with Crippen LogP contribution in [0, 0.1) is 5.92 Å². The van der Waals surface area contributed by atoms with Crippen molar-refractivity contribution in [1.29, 1.82) is 0 Å². The lowest BCUT2D eigenvalue weighted by Crippen LogP contribution is -2.41. The first-order valence-corrected chi connectivity index (χ1v) is 12.4. The van der Waals surface area contributed by atoms with Gasteiger partial charge < -0.3 is 19.5 Å². The smallest absolute Gasteiger partial charge is 0.407 e. The molecular weight excluding hydrogens is 482 g/mol. The zero-order valence-corrected chi connectivity index (χ0v) is 21.8. The van der Waals surface area contributed by atoms with Crippen LogP contribution in [0.2, 0.25) is 5.15 Å². The van der Waals surface area contributed by atoms with Gasteiger partial charge in [-0.3, -0.25) is 0 Å². The van der Waals surface area contributed by atoms with E-state index in [0.717, 1.165) is 36.9 Å². The van der Waals surface area contributed by atoms with E-state index in [1.54, 1.807) is 18.0 Å². The van der Waals surface area contributed by atoms with Gasteiger partial charge in [-0.15, -0.1) is 0 Å². The first-order valence-electron chi connectivity index (χ1n) is 12.0. The van der Waals surface area contributed by atoms with Crippen LogP contribution < -0.4 is 14.8 Å². The monoisotopic (exact) mass is 513 g/mol. The minimum Gasteiger partial charge on any atom is -0.494 e. The normalized spacial score (nSPS) is 17.9. The largest absolute Gasteiger partial charge is 0.494 e. The van der Waals surface area contributed by atoms with Gasteiger partial charge in [-0.1, -0.05) is 23.7 Å². The Bertz CT molecular complexity index is 1190. The topological polar surface area (TPSA) is 100 Å². The lowest BCUT2D eigenvalue weighted by Gasteiger charge is -2.30. The number of ether oxygens (including phenoxy) is 3. The van der Waals surface area contributed by atoms with Crippen molar-refractivity contribution in [2.24, 2.45) is 5.92 Å². The number of rotatable bonds is 7. The minimum absolute atomic E-state index is 0.108. The molecule has 1 saturated carbocycles. The summed E-state index contributed by atoms with van der Waals surface area (Å²) in [4.78, 5) is 20.6. The van der Waals surface area contributed by atoms with Gasteiger partial charge in [0, 0.05) is 17.8 Å². The maximum atomic E-state index is 12.1. The van der Waals surface area contributed by atoms with Crippen molar-refractivity contribution in [2.45, 2.75) is 58.1 Å². The molecule has 4 rings (SSSR count). The maximum absolute atomic E-state index is 12.1. The maximum Gasteiger partial charge on any atom is 0.407 e. The van der Waals surface area contributed by atoms with Gasteiger partial charge in [0.05, 0.1) is 19.9 Å². The molecule has 0 saturated heterocycles. The first kappa shape index (κ1) is 25.8. The van der Waals surface area contributed by atoms with Crippen LogP contribution in [0.4, 0.5) is 4.79 Å². The summed E-state index contributed by atoms with van der Waals surface area (Å²) in [5.41, 5.74) is 1.64. The van der Waals surface area contributed by atoms with E-state index in [9.17, 15) is 4.79 Å². The van der Waals surface area contributed by atoms with E-state index in [4.69, 9.17) is 25.8 Å². The summed E-state index contributed by atoms with van der Waals surface area (Å²) in [6.45, 7) is 6.06. The van der Waals surface area contributed by atoms with Gasteiger partial charge in [-0.05, 0) is 64.5 Å². The fourth-order valence-corrected chi connectivity index (χ4v) is 4.42. The number of para-hydroxylation sites is 2. The highest BCUT2D eigenvalue weighted by Crippen LogP contribution is 2.35. The molecule has 2 aromatic heterocycles. The summed E-state index contributed by atoms with van der Waals surface area (Å²) in [5.74, 6) is 1.48. The van der Waals surface area contributed by atoms with Gasteiger partial charge in [0.15, 0.2) is 10.9 Å². The molecule has 9 nitrogen and oxygen atoms in total. The quantitative estimate of drug-likeness (QED) is 0.419. The van der Waals surface area contributed by atoms with Crippen molar-refractivity contribution >= 4 is 17.7 Å². The number of halogens is 1. The number of aromatic nitrogens is 4. The Morgan fingerprint density at radius 3 is 2.64 bits per heavy atom. The SMILES string of the molecule is COc1ccccc1-n1cc(-c2ncnc(Cl)c2OCC2CCC(NC(=O)OC(C)(C)C)CC2)cn1. The number of hydrogen-bond acceptors (Lipinski definition) is 7. The number of hydrogen-bond donors (Lipinski definition) is 1. The molecule has 10 heteroatoms. The number of amides is 1. The minimum atomic E-state index is -0.506. The van der Waals surface area contributed by atoms with E-state index >= 15 is 0 Å². The van der Waals surface area contributed by atoms with Gasteiger partial charge in [0.1, 0.15) is 29.1 Å². The molecule has 2 heterocycles. The summed E-state index contributed by atoms with van der Waals surface area (Å²) in [7, 11) is 1.63. The van der Waals surface area contributed by atoms with Gasteiger partial charge >= 0.3 is 6.09 Å². The predicted octanol–water partition coefficient (Wildman–Crippen LogP) is 5.45. The molecule has 1 fully saturated rings. The van der Waals surface area contributed by atoms with Crippen molar-refractivity contribution in [3.63, 3.8) is 0 Å². The molecule has 1 aliphatic rings. The Kier molecular flexibility index (Phi) is 7.98. The Balaban J connectivity index is 1.39. The molecular formula is C26H32ClN5O4. The number of methoxy groups -OCH3 is 1. The second-order valence-electron chi connectivity index (χ2n) is 9.86. The van der Waals surface area contributed by atoms with Crippen molar-refractivity contribution in [1.82, 2.24) is 25.1 Å². The highest BCUT2D eigenvalue weighted by molar-refractivity contribution is 6.31. The van der Waals surface area contributed by atoms with Gasteiger partial charge in [0.2, 0.25) is 0 Å². The number of nitrogens with zero attached hydrogens (tertiary/aromatic N) is 4. The molecule has 1 amide bonds. The summed E-state index contributed by atoms with van der Waals surface area (Å²) in [5, 5.41) is 7.71. The van der Waals surface area contributed by atoms with Gasteiger partial charge in [-0.25, -0.2) is 19.4 Å². The van der Waals surface area contributed by atoms with E-state index in [2.05, 4.69) is 20.4 Å². The molecule has 192 valence electrons. The zero-order valence-electron chi connectivity index (χ0n) is 21.0. The zero-order chi connectivity index (χ0) is 25.7. The van der Waals surface area contributed by atoms with Crippen molar-refractivity contribution in [3.8, 4) is 28.4 Å². The highest BCUT2D eigenvalue weighted by Gasteiger charge is 2.26. The Morgan fingerprint density at radius 1 is 1.17 bits per heavy atom. The summed E-state index contributed by atoms with van der Waals surface area (Å²) in [6.07, 6.45) is 8.20. The van der Waals surface area contributed by atoms with Crippen molar-refractivity contribution in [3.05, 3.63) is 48.1 Å². The average molecular weight is 514 g/mol. The number of carbonyl (C=O) groups is 1. The van der Waals surface area contributed by atoms with Crippen molar-refractivity contribution < 1.29 is 19.0 Å². The number of alkyl carbamates (subject to hydrolysis) is 1. The van der Waals surface area contributed by atoms with E-state index < -0.39 is 5.60 Å². The first-order chi connectivity index (χ1) is 17.2. The Labute approximate surface area is 216 Å². The number of nitrogens with one attached hydrogen (secondary N) is 1. The molecule has 0 radical (unpaired) electrons. The summed E-state index contributed by atoms with van der Waals surface area (Å²) < 4.78 is 18.7. The molecule has 3 aromatic rings. The number of carbonyl (C=O) groups excluding carboxylic acids is 1. The van der Waals surface area contributed by atoms with Crippen LogP contribution in [-0.4, -0.2) is 51.2 Å². The van der Waals surface area contributed by atoms with Crippen LogP contribution >= 0.6 is 11.6 Å². The molecule has 0 atom stereocenters. The molecule has 0 aliphatic heterocycles. The van der Waals surface area contributed by atoms with Gasteiger partial charge in [0.25, 0.3) is 0 Å². The van der Waals surface area contributed by atoms with E-state index in [1.807, 2.05) is 51.2 Å². The van der Waals surface area contributed by atoms with Crippen LogP contribution in [0.15, 0.2) is 43.0 Å². The fraction of sp³-hybridized carbons (Fsp3) is 0.462. The molecule has 0 bridgehead atoms. The standard InChI is InChI=1S/C26H32ClN5O4/c1-26(2,3)36-25(33)31-19-11-9-17(10-12-19)15-35-23-22(28-16-29-24(23)27)18-13-30-32(14-18)20-7-5-6-8-21(20)34-4/h5-8,13-14,16-17,19H,9-12,15H2,1-4H3,(H,31,33). The fourth-order valence-electron chi connectivity index (χ4n) is 4.23. The van der Waals surface area contributed by atoms with Crippen LogP contribution in [0.5, 0.6) is 11.5 Å². The third-order valence-corrected chi connectivity index (χ3v) is 6.25. The molecule has 1 N–H and O–H groups in total. The van der Waals surface area contributed by atoms with Crippen LogP contribution in [0.1, 0.15) is 46.5 Å².